The number of piperidine rings is 1. The Hall–Kier alpha value is -2.17. The van der Waals surface area contributed by atoms with Crippen molar-refractivity contribution < 1.29 is 4.79 Å². The van der Waals surface area contributed by atoms with Gasteiger partial charge in [0.25, 0.3) is 0 Å². The molecule has 0 N–H and O–H groups in total. The van der Waals surface area contributed by atoms with Crippen molar-refractivity contribution in [3.05, 3.63) is 48.3 Å². The number of rotatable bonds is 4. The highest BCUT2D eigenvalue weighted by Gasteiger charge is 2.28. The lowest BCUT2D eigenvalue weighted by atomic mass is 9.90. The minimum absolute atomic E-state index is 0.192. The van der Waals surface area contributed by atoms with E-state index < -0.39 is 0 Å². The molecule has 2 aromatic heterocycles. The zero-order valence-electron chi connectivity index (χ0n) is 14.7. The number of amides is 1. The Morgan fingerprint density at radius 1 is 1.12 bits per heavy atom. The van der Waals surface area contributed by atoms with E-state index >= 15 is 0 Å². The number of hydrogen-bond donors (Lipinski definition) is 0. The van der Waals surface area contributed by atoms with Crippen molar-refractivity contribution in [1.82, 2.24) is 19.4 Å². The predicted molar refractivity (Wildman–Crippen MR) is 93.8 cm³/mol. The topological polar surface area (TPSA) is 51.0 Å². The van der Waals surface area contributed by atoms with Crippen LogP contribution in [0.3, 0.4) is 0 Å². The monoisotopic (exact) mass is 326 g/mol. The maximum absolute atomic E-state index is 12.9. The van der Waals surface area contributed by atoms with E-state index in [0.29, 0.717) is 11.8 Å². The molecule has 5 heteroatoms. The molecule has 0 saturated carbocycles. The number of pyridine rings is 1. The summed E-state index contributed by atoms with van der Waals surface area (Å²) in [5.41, 5.74) is 1.34. The highest BCUT2D eigenvalue weighted by molar-refractivity contribution is 5.80. The number of imidazole rings is 1. The first-order valence-corrected chi connectivity index (χ1v) is 8.79. The van der Waals surface area contributed by atoms with Crippen LogP contribution in [0.25, 0.3) is 0 Å². The van der Waals surface area contributed by atoms with Crippen LogP contribution in [0, 0.1) is 0 Å². The maximum atomic E-state index is 12.9. The molecule has 24 heavy (non-hydrogen) atoms. The van der Waals surface area contributed by atoms with Gasteiger partial charge in [-0.25, -0.2) is 4.98 Å². The fraction of sp³-hybridized carbons (Fsp3) is 0.526. The third kappa shape index (κ3) is 3.35. The standard InChI is InChI=1S/C19H26N4O/c1-14(2)18-21-10-13-23(18)15(3)19(24)22-11-6-17(7-12-22)16-4-8-20-9-5-16/h4-5,8-10,13-15,17H,6-7,11-12H2,1-3H3/t15-/m1/s1. The molecule has 0 unspecified atom stereocenters. The van der Waals surface area contributed by atoms with E-state index in [0.717, 1.165) is 31.8 Å². The molecule has 1 saturated heterocycles. The molecule has 128 valence electrons. The van der Waals surface area contributed by atoms with Gasteiger partial charge < -0.3 is 9.47 Å². The summed E-state index contributed by atoms with van der Waals surface area (Å²) in [6.07, 6.45) is 9.44. The van der Waals surface area contributed by atoms with Gasteiger partial charge in [-0.15, -0.1) is 0 Å². The summed E-state index contributed by atoms with van der Waals surface area (Å²) < 4.78 is 2.02. The van der Waals surface area contributed by atoms with Gasteiger partial charge in [0, 0.05) is 43.8 Å². The molecule has 0 aliphatic carbocycles. The minimum atomic E-state index is -0.192. The third-order valence-corrected chi connectivity index (χ3v) is 4.97. The zero-order valence-corrected chi connectivity index (χ0v) is 14.7. The van der Waals surface area contributed by atoms with Crippen molar-refractivity contribution in [2.24, 2.45) is 0 Å². The summed E-state index contributed by atoms with van der Waals surface area (Å²) in [4.78, 5) is 23.4. The van der Waals surface area contributed by atoms with Gasteiger partial charge in [0.2, 0.25) is 5.91 Å². The molecule has 0 radical (unpaired) electrons. The number of hydrogen-bond acceptors (Lipinski definition) is 3. The summed E-state index contributed by atoms with van der Waals surface area (Å²) in [5, 5.41) is 0. The normalized spacial score (nSPS) is 17.2. The van der Waals surface area contributed by atoms with Gasteiger partial charge in [-0.1, -0.05) is 13.8 Å². The fourth-order valence-corrected chi connectivity index (χ4v) is 3.55. The largest absolute Gasteiger partial charge is 0.341 e. The van der Waals surface area contributed by atoms with E-state index in [1.807, 2.05) is 35.0 Å². The quantitative estimate of drug-likeness (QED) is 0.865. The number of aromatic nitrogens is 3. The third-order valence-electron chi connectivity index (χ3n) is 4.97. The molecule has 0 spiro atoms. The van der Waals surface area contributed by atoms with Gasteiger partial charge in [-0.2, -0.15) is 0 Å². The second-order valence-corrected chi connectivity index (χ2v) is 6.90. The summed E-state index contributed by atoms with van der Waals surface area (Å²) >= 11 is 0. The minimum Gasteiger partial charge on any atom is -0.341 e. The van der Waals surface area contributed by atoms with E-state index in [4.69, 9.17) is 0 Å². The Balaban J connectivity index is 1.63. The highest BCUT2D eigenvalue weighted by atomic mass is 16.2. The Labute approximate surface area is 143 Å². The van der Waals surface area contributed by atoms with Crippen LogP contribution in [0.4, 0.5) is 0 Å². The molecule has 1 atom stereocenters. The van der Waals surface area contributed by atoms with Gasteiger partial charge in [0.15, 0.2) is 0 Å². The SMILES string of the molecule is CC(C)c1nccn1[C@H](C)C(=O)N1CCC(c2ccncc2)CC1. The first-order chi connectivity index (χ1) is 11.6. The van der Waals surface area contributed by atoms with Crippen LogP contribution in [-0.2, 0) is 4.79 Å². The molecular weight excluding hydrogens is 300 g/mol. The van der Waals surface area contributed by atoms with E-state index in [-0.39, 0.29) is 11.9 Å². The first-order valence-electron chi connectivity index (χ1n) is 8.79. The molecule has 1 fully saturated rings. The van der Waals surface area contributed by atoms with Crippen LogP contribution in [-0.4, -0.2) is 38.4 Å². The van der Waals surface area contributed by atoms with Crippen LogP contribution < -0.4 is 0 Å². The average molecular weight is 326 g/mol. The lowest BCUT2D eigenvalue weighted by molar-refractivity contribution is -0.135. The smallest absolute Gasteiger partial charge is 0.245 e. The molecule has 0 bridgehead atoms. The number of nitrogens with zero attached hydrogens (tertiary/aromatic N) is 4. The number of likely N-dealkylation sites (tertiary alicyclic amines) is 1. The van der Waals surface area contributed by atoms with Crippen molar-refractivity contribution in [2.45, 2.75) is 51.5 Å². The van der Waals surface area contributed by atoms with E-state index in [9.17, 15) is 4.79 Å². The van der Waals surface area contributed by atoms with Gasteiger partial charge in [-0.05, 0) is 43.4 Å². The summed E-state index contributed by atoms with van der Waals surface area (Å²) in [7, 11) is 0. The predicted octanol–water partition coefficient (Wildman–Crippen LogP) is 3.37. The van der Waals surface area contributed by atoms with Crippen molar-refractivity contribution in [3.8, 4) is 0 Å². The Bertz CT molecular complexity index is 672. The van der Waals surface area contributed by atoms with Crippen LogP contribution in [0.1, 0.15) is 62.9 Å². The number of carbonyl (C=O) groups is 1. The fourth-order valence-electron chi connectivity index (χ4n) is 3.55. The number of carbonyl (C=O) groups excluding carboxylic acids is 1. The molecular formula is C19H26N4O. The summed E-state index contributed by atoms with van der Waals surface area (Å²) in [6.45, 7) is 7.83. The molecule has 5 nitrogen and oxygen atoms in total. The molecule has 1 amide bonds. The molecule has 1 aliphatic rings. The van der Waals surface area contributed by atoms with Gasteiger partial charge in [0.05, 0.1) is 0 Å². The second-order valence-electron chi connectivity index (χ2n) is 6.90. The molecule has 3 heterocycles. The lowest BCUT2D eigenvalue weighted by Gasteiger charge is -2.34. The molecule has 3 rings (SSSR count). The van der Waals surface area contributed by atoms with Gasteiger partial charge >= 0.3 is 0 Å². The molecule has 0 aromatic carbocycles. The Kier molecular flexibility index (Phi) is 4.97. The first kappa shape index (κ1) is 16.7. The van der Waals surface area contributed by atoms with Crippen LogP contribution >= 0.6 is 0 Å². The lowest BCUT2D eigenvalue weighted by Crippen LogP contribution is -2.41. The Morgan fingerprint density at radius 2 is 1.79 bits per heavy atom. The van der Waals surface area contributed by atoms with E-state index in [1.165, 1.54) is 5.56 Å². The molecule has 2 aromatic rings. The summed E-state index contributed by atoms with van der Waals surface area (Å²) in [6, 6.07) is 3.98. The second kappa shape index (κ2) is 7.16. The van der Waals surface area contributed by atoms with E-state index in [2.05, 4.69) is 35.9 Å². The molecule has 1 aliphatic heterocycles. The van der Waals surface area contributed by atoms with Crippen molar-refractivity contribution >= 4 is 5.91 Å². The maximum Gasteiger partial charge on any atom is 0.245 e. The van der Waals surface area contributed by atoms with Crippen LogP contribution in [0.15, 0.2) is 36.9 Å². The van der Waals surface area contributed by atoms with Crippen molar-refractivity contribution in [1.29, 1.82) is 0 Å². The van der Waals surface area contributed by atoms with E-state index in [1.54, 1.807) is 6.20 Å². The van der Waals surface area contributed by atoms with Crippen LogP contribution in [0.2, 0.25) is 0 Å². The average Bonchev–Trinajstić information content (AvgIpc) is 3.11. The van der Waals surface area contributed by atoms with Crippen LogP contribution in [0.5, 0.6) is 0 Å². The Morgan fingerprint density at radius 3 is 2.42 bits per heavy atom. The highest BCUT2D eigenvalue weighted by Crippen LogP contribution is 2.29. The summed E-state index contributed by atoms with van der Waals surface area (Å²) in [5.74, 6) is 2.02. The zero-order chi connectivity index (χ0) is 17.1. The van der Waals surface area contributed by atoms with Crippen molar-refractivity contribution in [2.75, 3.05) is 13.1 Å². The van der Waals surface area contributed by atoms with Crippen molar-refractivity contribution in [3.63, 3.8) is 0 Å². The van der Waals surface area contributed by atoms with Gasteiger partial charge in [-0.3, -0.25) is 9.78 Å². The van der Waals surface area contributed by atoms with Gasteiger partial charge in [0.1, 0.15) is 11.9 Å².